The van der Waals surface area contributed by atoms with Gasteiger partial charge in [0.1, 0.15) is 5.82 Å². The number of nitrogens with zero attached hydrogens (tertiary/aromatic N) is 5. The number of likely N-dealkylation sites (N-methyl/N-ethyl adjacent to an activating group) is 1. The van der Waals surface area contributed by atoms with Gasteiger partial charge in [-0.2, -0.15) is 13.8 Å². The standard InChI is InChI=1S/C23H30ClF2N9O3S/c1-13(2)39(36,37)21-17(5-4-6-29-21)31-18-15(24)12-30-23(28,33-18)14-11-16(27)19(32-20(14)38-22(25)26)35-9-7-34(3)8-10-35/h4-6,11-13,22,31,33H,7-10,27-28H2,1-3H3. The predicted molar refractivity (Wildman–Crippen MR) is 146 cm³/mol. The lowest BCUT2D eigenvalue weighted by molar-refractivity contribution is -0.0541. The molecule has 2 aromatic rings. The number of halogens is 3. The molecule has 16 heteroatoms. The van der Waals surface area contributed by atoms with Crippen molar-refractivity contribution in [2.45, 2.75) is 36.5 Å². The highest BCUT2D eigenvalue weighted by Crippen LogP contribution is 2.37. The molecule has 12 nitrogen and oxygen atoms in total. The number of rotatable bonds is 8. The normalized spacial score (nSPS) is 20.5. The third-order valence-electron chi connectivity index (χ3n) is 6.27. The van der Waals surface area contributed by atoms with Crippen LogP contribution in [-0.2, 0) is 15.6 Å². The van der Waals surface area contributed by atoms with Crippen LogP contribution in [0.4, 0.5) is 26.0 Å². The van der Waals surface area contributed by atoms with Gasteiger partial charge < -0.3 is 30.9 Å². The number of nitrogens with two attached hydrogens (primary N) is 2. The number of allylic oxidation sites excluding steroid dienone is 1. The molecule has 212 valence electrons. The molecule has 0 aromatic carbocycles. The van der Waals surface area contributed by atoms with E-state index in [0.29, 0.717) is 13.1 Å². The van der Waals surface area contributed by atoms with Crippen LogP contribution in [0.1, 0.15) is 19.4 Å². The zero-order valence-electron chi connectivity index (χ0n) is 21.5. The lowest BCUT2D eigenvalue weighted by Crippen LogP contribution is -2.52. The highest BCUT2D eigenvalue weighted by molar-refractivity contribution is 7.92. The molecular weight excluding hydrogens is 556 g/mol. The van der Waals surface area contributed by atoms with E-state index in [0.717, 1.165) is 13.1 Å². The van der Waals surface area contributed by atoms with Crippen LogP contribution >= 0.6 is 11.6 Å². The van der Waals surface area contributed by atoms with Crippen LogP contribution in [0.2, 0.25) is 0 Å². The van der Waals surface area contributed by atoms with Crippen molar-refractivity contribution >= 4 is 44.8 Å². The van der Waals surface area contributed by atoms with Crippen LogP contribution in [-0.4, -0.2) is 74.6 Å². The van der Waals surface area contributed by atoms with E-state index in [1.54, 1.807) is 6.07 Å². The van der Waals surface area contributed by atoms with Crippen molar-refractivity contribution in [1.29, 1.82) is 0 Å². The van der Waals surface area contributed by atoms with Gasteiger partial charge in [0.05, 0.1) is 27.2 Å². The fourth-order valence-electron chi connectivity index (χ4n) is 4.03. The number of alkyl halides is 2. The van der Waals surface area contributed by atoms with Gasteiger partial charge in [0.15, 0.2) is 20.7 Å². The highest BCUT2D eigenvalue weighted by atomic mass is 35.5. The first-order valence-corrected chi connectivity index (χ1v) is 13.9. The van der Waals surface area contributed by atoms with Gasteiger partial charge in [0.25, 0.3) is 0 Å². The van der Waals surface area contributed by atoms with Gasteiger partial charge in [-0.1, -0.05) is 11.6 Å². The van der Waals surface area contributed by atoms with E-state index in [9.17, 15) is 17.2 Å². The Bertz CT molecular complexity index is 1400. The number of aliphatic imine (C=N–C) groups is 1. The monoisotopic (exact) mass is 585 g/mol. The van der Waals surface area contributed by atoms with Crippen molar-refractivity contribution in [2.75, 3.05) is 49.2 Å². The molecule has 2 aliphatic rings. The van der Waals surface area contributed by atoms with Crippen molar-refractivity contribution in [1.82, 2.24) is 20.2 Å². The molecule has 2 aliphatic heterocycles. The fraction of sp³-hybridized carbons (Fsp3) is 0.435. The molecule has 39 heavy (non-hydrogen) atoms. The number of nitrogen functional groups attached to an aromatic ring is 1. The van der Waals surface area contributed by atoms with Crippen molar-refractivity contribution in [3.05, 3.63) is 40.8 Å². The zero-order valence-corrected chi connectivity index (χ0v) is 23.1. The minimum Gasteiger partial charge on any atom is -0.416 e. The van der Waals surface area contributed by atoms with Crippen LogP contribution in [0.5, 0.6) is 5.88 Å². The third-order valence-corrected chi connectivity index (χ3v) is 8.66. The number of sulfone groups is 1. The van der Waals surface area contributed by atoms with Gasteiger partial charge in [0, 0.05) is 38.6 Å². The van der Waals surface area contributed by atoms with Gasteiger partial charge in [-0.05, 0) is 39.1 Å². The number of aromatic nitrogens is 2. The SMILES string of the molecule is CC(C)S(=O)(=O)c1ncccc1NC1=C(Cl)C=NC(N)(c2cc(N)c(N3CCN(C)CC3)nc2OC(F)F)N1. The summed E-state index contributed by atoms with van der Waals surface area (Å²) in [5.41, 5.74) is 13.1. The molecule has 0 bridgehead atoms. The second-order valence-corrected chi connectivity index (χ2v) is 12.2. The van der Waals surface area contributed by atoms with Crippen LogP contribution < -0.4 is 31.7 Å². The van der Waals surface area contributed by atoms with E-state index in [4.69, 9.17) is 27.8 Å². The van der Waals surface area contributed by atoms with Crippen LogP contribution in [0.3, 0.4) is 0 Å². The predicted octanol–water partition coefficient (Wildman–Crippen LogP) is 1.86. The zero-order chi connectivity index (χ0) is 28.5. The summed E-state index contributed by atoms with van der Waals surface area (Å²) < 4.78 is 57.3. The van der Waals surface area contributed by atoms with Gasteiger partial charge in [-0.25, -0.2) is 18.4 Å². The summed E-state index contributed by atoms with van der Waals surface area (Å²) in [5.74, 6) is -2.04. The minimum atomic E-state index is -3.77. The van der Waals surface area contributed by atoms with E-state index in [-0.39, 0.29) is 38.6 Å². The molecule has 2 aromatic heterocycles. The maximum atomic E-state index is 13.4. The third kappa shape index (κ3) is 6.00. The first-order chi connectivity index (χ1) is 18.3. The summed E-state index contributed by atoms with van der Waals surface area (Å²) in [5, 5.41) is 4.85. The molecule has 1 fully saturated rings. The lowest BCUT2D eigenvalue weighted by Gasteiger charge is -2.36. The number of anilines is 3. The first-order valence-electron chi connectivity index (χ1n) is 12.0. The van der Waals surface area contributed by atoms with Crippen molar-refractivity contribution in [2.24, 2.45) is 10.7 Å². The van der Waals surface area contributed by atoms with Crippen molar-refractivity contribution in [3.8, 4) is 5.88 Å². The summed E-state index contributed by atoms with van der Waals surface area (Å²) in [6, 6.07) is 4.41. The molecule has 1 atom stereocenters. The van der Waals surface area contributed by atoms with E-state index >= 15 is 0 Å². The maximum Gasteiger partial charge on any atom is 0.388 e. The Balaban J connectivity index is 1.70. The van der Waals surface area contributed by atoms with E-state index < -0.39 is 33.4 Å². The summed E-state index contributed by atoms with van der Waals surface area (Å²) in [4.78, 5) is 16.5. The first kappa shape index (κ1) is 28.7. The van der Waals surface area contributed by atoms with Crippen LogP contribution in [0.25, 0.3) is 0 Å². The second kappa shape index (κ2) is 11.1. The summed E-state index contributed by atoms with van der Waals surface area (Å²) in [7, 11) is -1.79. The van der Waals surface area contributed by atoms with Gasteiger partial charge >= 0.3 is 6.61 Å². The highest BCUT2D eigenvalue weighted by Gasteiger charge is 2.37. The summed E-state index contributed by atoms with van der Waals surface area (Å²) in [6.45, 7) is 2.51. The van der Waals surface area contributed by atoms with Crippen LogP contribution in [0, 0.1) is 0 Å². The molecule has 0 amide bonds. The number of ether oxygens (including phenoxy) is 1. The quantitative estimate of drug-likeness (QED) is 0.357. The number of hydrogen-bond donors (Lipinski definition) is 4. The maximum absolute atomic E-state index is 13.4. The smallest absolute Gasteiger partial charge is 0.388 e. The molecule has 4 heterocycles. The van der Waals surface area contributed by atoms with E-state index in [2.05, 4.69) is 30.5 Å². The average molecular weight is 586 g/mol. The largest absolute Gasteiger partial charge is 0.416 e. The molecule has 0 saturated carbocycles. The Kier molecular flexibility index (Phi) is 8.16. The number of piperazine rings is 1. The molecule has 4 rings (SSSR count). The fourth-order valence-corrected chi connectivity index (χ4v) is 5.25. The Labute approximate surface area is 230 Å². The molecule has 0 radical (unpaired) electrons. The van der Waals surface area contributed by atoms with Gasteiger partial charge in [-0.15, -0.1) is 0 Å². The molecule has 1 unspecified atom stereocenters. The molecule has 1 saturated heterocycles. The Hall–Kier alpha value is -3.27. The van der Waals surface area contributed by atoms with Crippen molar-refractivity contribution in [3.63, 3.8) is 0 Å². The molecule has 6 N–H and O–H groups in total. The molecular formula is C23H30ClF2N9O3S. The van der Waals surface area contributed by atoms with E-state index in [1.165, 1.54) is 38.4 Å². The number of nitrogens with one attached hydrogen (secondary N) is 2. The Morgan fingerprint density at radius 3 is 2.59 bits per heavy atom. The lowest BCUT2D eigenvalue weighted by atomic mass is 10.1. The van der Waals surface area contributed by atoms with E-state index in [1.807, 2.05) is 11.9 Å². The van der Waals surface area contributed by atoms with Gasteiger partial charge in [-0.3, -0.25) is 5.73 Å². The number of hydrogen-bond acceptors (Lipinski definition) is 12. The molecule has 0 aliphatic carbocycles. The summed E-state index contributed by atoms with van der Waals surface area (Å²) in [6.07, 6.45) is 2.55. The minimum absolute atomic E-state index is 0.0409. The Morgan fingerprint density at radius 1 is 1.26 bits per heavy atom. The topological polar surface area (TPSA) is 164 Å². The Morgan fingerprint density at radius 2 is 1.95 bits per heavy atom. The molecule has 0 spiro atoms. The number of pyridine rings is 2. The van der Waals surface area contributed by atoms with Crippen LogP contribution in [0.15, 0.2) is 45.3 Å². The van der Waals surface area contributed by atoms with Gasteiger partial charge in [0.2, 0.25) is 11.7 Å². The van der Waals surface area contributed by atoms with Crippen molar-refractivity contribution < 1.29 is 21.9 Å². The average Bonchev–Trinajstić information content (AvgIpc) is 2.87. The second-order valence-electron chi connectivity index (χ2n) is 9.37. The summed E-state index contributed by atoms with van der Waals surface area (Å²) >= 11 is 6.35.